The predicted molar refractivity (Wildman–Crippen MR) is 188 cm³/mol. The van der Waals surface area contributed by atoms with Gasteiger partial charge in [-0.1, -0.05) is 108 Å². The van der Waals surface area contributed by atoms with E-state index in [4.69, 9.17) is 11.6 Å². The van der Waals surface area contributed by atoms with E-state index in [2.05, 4.69) is 5.32 Å². The standard InChI is InChI=1S/C38H42ClN3O4S/c1-27-13-18-31(19-14-27)25-41(36(23-30-9-5-4-6-10-30)38(44)40-32-11-7-8-12-32)37(43)26-42(33-20-17-29(3)35(39)24-33)47(45,46)34-21-15-28(2)16-22-34/h4-6,9-10,13-22,24,32,36H,7-8,11-12,23,25-26H2,1-3H3,(H,40,44)/t36-/m1/s1. The van der Waals surface area contributed by atoms with Crippen LogP contribution in [0.15, 0.2) is 102 Å². The molecule has 2 amide bonds. The third-order valence-corrected chi connectivity index (χ3v) is 11.0. The molecule has 4 aromatic carbocycles. The topological polar surface area (TPSA) is 86.8 Å². The third-order valence-electron chi connectivity index (χ3n) is 8.78. The summed E-state index contributed by atoms with van der Waals surface area (Å²) in [6.45, 7) is 5.30. The second kappa shape index (κ2) is 15.2. The quantitative estimate of drug-likeness (QED) is 0.173. The van der Waals surface area contributed by atoms with Crippen molar-refractivity contribution in [2.24, 2.45) is 0 Å². The summed E-state index contributed by atoms with van der Waals surface area (Å²) >= 11 is 6.49. The summed E-state index contributed by atoms with van der Waals surface area (Å²) in [6.07, 6.45) is 4.16. The number of hydrogen-bond donors (Lipinski definition) is 1. The molecule has 7 nitrogen and oxygen atoms in total. The summed E-state index contributed by atoms with van der Waals surface area (Å²) in [5.41, 5.74) is 4.75. The summed E-state index contributed by atoms with van der Waals surface area (Å²) < 4.78 is 29.6. The monoisotopic (exact) mass is 671 g/mol. The highest BCUT2D eigenvalue weighted by Crippen LogP contribution is 2.29. The Bertz CT molecular complexity index is 1790. The van der Waals surface area contributed by atoms with Gasteiger partial charge >= 0.3 is 0 Å². The summed E-state index contributed by atoms with van der Waals surface area (Å²) in [4.78, 5) is 30.4. The Kier molecular flexibility index (Phi) is 11.0. The highest BCUT2D eigenvalue weighted by Gasteiger charge is 2.35. The van der Waals surface area contributed by atoms with Crippen molar-refractivity contribution >= 4 is 39.1 Å². The zero-order valence-electron chi connectivity index (χ0n) is 27.2. The molecule has 0 bridgehead atoms. The Morgan fingerprint density at radius 1 is 0.830 bits per heavy atom. The van der Waals surface area contributed by atoms with Crippen molar-refractivity contribution in [2.75, 3.05) is 10.8 Å². The molecule has 0 aromatic heterocycles. The van der Waals surface area contributed by atoms with Crippen LogP contribution in [0.5, 0.6) is 0 Å². The molecule has 9 heteroatoms. The number of carbonyl (C=O) groups is 2. The largest absolute Gasteiger partial charge is 0.352 e. The number of rotatable bonds is 12. The third kappa shape index (κ3) is 8.62. The maximum absolute atomic E-state index is 14.7. The van der Waals surface area contributed by atoms with Crippen LogP contribution >= 0.6 is 11.6 Å². The highest BCUT2D eigenvalue weighted by atomic mass is 35.5. The first-order valence-corrected chi connectivity index (χ1v) is 17.9. The smallest absolute Gasteiger partial charge is 0.264 e. The minimum Gasteiger partial charge on any atom is -0.352 e. The van der Waals surface area contributed by atoms with Crippen LogP contribution in [-0.4, -0.2) is 43.8 Å². The summed E-state index contributed by atoms with van der Waals surface area (Å²) in [6, 6.07) is 28.0. The molecular weight excluding hydrogens is 630 g/mol. The lowest BCUT2D eigenvalue weighted by Gasteiger charge is -2.34. The molecule has 0 radical (unpaired) electrons. The Labute approximate surface area is 283 Å². The molecule has 1 atom stereocenters. The van der Waals surface area contributed by atoms with Crippen molar-refractivity contribution in [1.29, 1.82) is 0 Å². The van der Waals surface area contributed by atoms with Crippen molar-refractivity contribution in [1.82, 2.24) is 10.2 Å². The van der Waals surface area contributed by atoms with E-state index in [9.17, 15) is 18.0 Å². The molecule has 1 N–H and O–H groups in total. The molecule has 0 spiro atoms. The number of anilines is 1. The summed E-state index contributed by atoms with van der Waals surface area (Å²) in [5, 5.41) is 3.59. The lowest BCUT2D eigenvalue weighted by atomic mass is 10.0. The van der Waals surface area contributed by atoms with Gasteiger partial charge in [0.2, 0.25) is 11.8 Å². The molecule has 5 rings (SSSR count). The molecule has 0 saturated heterocycles. The SMILES string of the molecule is Cc1ccc(CN(C(=O)CN(c2ccc(C)c(Cl)c2)S(=O)(=O)c2ccc(C)cc2)[C@H](Cc2ccccc2)C(=O)NC2CCCC2)cc1. The maximum Gasteiger partial charge on any atom is 0.264 e. The Morgan fingerprint density at radius 2 is 1.45 bits per heavy atom. The molecule has 1 aliphatic carbocycles. The van der Waals surface area contributed by atoms with Crippen molar-refractivity contribution in [3.63, 3.8) is 0 Å². The first-order chi connectivity index (χ1) is 22.5. The maximum atomic E-state index is 14.7. The van der Waals surface area contributed by atoms with Gasteiger partial charge in [-0.25, -0.2) is 8.42 Å². The number of amides is 2. The minimum absolute atomic E-state index is 0.0465. The minimum atomic E-state index is -4.20. The van der Waals surface area contributed by atoms with Crippen LogP contribution < -0.4 is 9.62 Å². The van der Waals surface area contributed by atoms with Crippen LogP contribution in [0, 0.1) is 20.8 Å². The number of aryl methyl sites for hydroxylation is 3. The number of hydrogen-bond acceptors (Lipinski definition) is 4. The van der Waals surface area contributed by atoms with Gasteiger partial charge in [-0.05, 0) is 74.6 Å². The van der Waals surface area contributed by atoms with E-state index in [1.807, 2.05) is 75.4 Å². The van der Waals surface area contributed by atoms with E-state index >= 15 is 0 Å². The zero-order valence-corrected chi connectivity index (χ0v) is 28.7. The van der Waals surface area contributed by atoms with Crippen molar-refractivity contribution in [2.45, 2.75) is 76.4 Å². The molecule has 1 saturated carbocycles. The van der Waals surface area contributed by atoms with Crippen LogP contribution in [0.2, 0.25) is 5.02 Å². The number of benzene rings is 4. The Balaban J connectivity index is 1.57. The number of sulfonamides is 1. The van der Waals surface area contributed by atoms with E-state index in [0.29, 0.717) is 5.02 Å². The molecule has 1 aliphatic rings. The van der Waals surface area contributed by atoms with Gasteiger partial charge in [0.05, 0.1) is 10.6 Å². The van der Waals surface area contributed by atoms with Crippen molar-refractivity contribution in [3.8, 4) is 0 Å². The average molecular weight is 672 g/mol. The molecule has 0 unspecified atom stereocenters. The second-order valence-electron chi connectivity index (χ2n) is 12.5. The van der Waals surface area contributed by atoms with Crippen LogP contribution in [-0.2, 0) is 32.6 Å². The first-order valence-electron chi connectivity index (χ1n) is 16.1. The second-order valence-corrected chi connectivity index (χ2v) is 14.7. The predicted octanol–water partition coefficient (Wildman–Crippen LogP) is 7.16. The normalized spacial score (nSPS) is 14.0. The zero-order chi connectivity index (χ0) is 33.6. The molecule has 0 aliphatic heterocycles. The Morgan fingerprint density at radius 3 is 2.06 bits per heavy atom. The van der Waals surface area contributed by atoms with Crippen LogP contribution in [0.4, 0.5) is 5.69 Å². The van der Waals surface area contributed by atoms with Gasteiger partial charge in [0.25, 0.3) is 10.0 Å². The van der Waals surface area contributed by atoms with E-state index in [0.717, 1.165) is 57.8 Å². The van der Waals surface area contributed by atoms with Gasteiger partial charge in [0, 0.05) is 24.0 Å². The van der Waals surface area contributed by atoms with Crippen LogP contribution in [0.25, 0.3) is 0 Å². The van der Waals surface area contributed by atoms with Gasteiger partial charge in [-0.2, -0.15) is 0 Å². The summed E-state index contributed by atoms with van der Waals surface area (Å²) in [5.74, 6) is -0.743. The van der Waals surface area contributed by atoms with Gasteiger partial charge < -0.3 is 10.2 Å². The highest BCUT2D eigenvalue weighted by molar-refractivity contribution is 7.92. The Hall–Kier alpha value is -4.14. The van der Waals surface area contributed by atoms with E-state index in [1.54, 1.807) is 30.3 Å². The number of nitrogens with zero attached hydrogens (tertiary/aromatic N) is 2. The fourth-order valence-corrected chi connectivity index (χ4v) is 7.50. The summed E-state index contributed by atoms with van der Waals surface area (Å²) in [7, 11) is -4.20. The van der Waals surface area contributed by atoms with Crippen LogP contribution in [0.1, 0.15) is 53.5 Å². The number of carbonyl (C=O) groups excluding carboxylic acids is 2. The number of nitrogens with one attached hydrogen (secondary N) is 1. The molecule has 4 aromatic rings. The molecule has 0 heterocycles. The molecular formula is C38H42ClN3O4S. The molecule has 47 heavy (non-hydrogen) atoms. The van der Waals surface area contributed by atoms with Crippen molar-refractivity contribution < 1.29 is 18.0 Å². The molecule has 246 valence electrons. The average Bonchev–Trinajstić information content (AvgIpc) is 3.57. The van der Waals surface area contributed by atoms with E-state index < -0.39 is 28.5 Å². The first kappa shape index (κ1) is 34.2. The van der Waals surface area contributed by atoms with E-state index in [1.165, 1.54) is 17.0 Å². The molecule has 1 fully saturated rings. The van der Waals surface area contributed by atoms with Gasteiger partial charge in [-0.3, -0.25) is 13.9 Å². The van der Waals surface area contributed by atoms with Crippen molar-refractivity contribution in [3.05, 3.63) is 130 Å². The lowest BCUT2D eigenvalue weighted by molar-refractivity contribution is -0.140. The van der Waals surface area contributed by atoms with Crippen LogP contribution in [0.3, 0.4) is 0 Å². The van der Waals surface area contributed by atoms with E-state index in [-0.39, 0.29) is 35.5 Å². The van der Waals surface area contributed by atoms with Gasteiger partial charge in [-0.15, -0.1) is 0 Å². The van der Waals surface area contributed by atoms with Gasteiger partial charge in [0.15, 0.2) is 0 Å². The lowest BCUT2D eigenvalue weighted by Crippen LogP contribution is -2.54. The fourth-order valence-electron chi connectivity index (χ4n) is 5.91. The fraction of sp³-hybridized carbons (Fsp3) is 0.316. The number of halogens is 1. The van der Waals surface area contributed by atoms with Gasteiger partial charge in [0.1, 0.15) is 12.6 Å².